The molecule has 1 fully saturated rings. The highest BCUT2D eigenvalue weighted by molar-refractivity contribution is 7.64. The van der Waals surface area contributed by atoms with E-state index in [1.165, 1.54) is 0 Å². The quantitative estimate of drug-likeness (QED) is 0.710. The third-order valence-electron chi connectivity index (χ3n) is 2.80. The van der Waals surface area contributed by atoms with Gasteiger partial charge in [-0.2, -0.15) is 9.05 Å². The van der Waals surface area contributed by atoms with E-state index in [1.807, 2.05) is 6.66 Å². The van der Waals surface area contributed by atoms with E-state index in [9.17, 15) is 0 Å². The van der Waals surface area contributed by atoms with Gasteiger partial charge >= 0.3 is 7.87 Å². The zero-order valence-corrected chi connectivity index (χ0v) is 10.6. The minimum atomic E-state index is -1.91. The van der Waals surface area contributed by atoms with Gasteiger partial charge in [0.2, 0.25) is 0 Å². The van der Waals surface area contributed by atoms with Crippen LogP contribution in [-0.4, -0.2) is 31.0 Å². The molecule has 0 aromatic heterocycles. The lowest BCUT2D eigenvalue weighted by atomic mass is 9.90. The Morgan fingerprint density at radius 3 is 1.93 bits per heavy atom. The third-order valence-corrected chi connectivity index (χ3v) is 5.21. The lowest BCUT2D eigenvalue weighted by molar-refractivity contribution is 0.00578. The van der Waals surface area contributed by atoms with Crippen LogP contribution in [0.25, 0.3) is 0 Å². The lowest BCUT2D eigenvalue weighted by Crippen LogP contribution is -2.41. The highest BCUT2D eigenvalue weighted by Gasteiger charge is 2.62. The van der Waals surface area contributed by atoms with E-state index in [0.717, 1.165) is 6.54 Å². The summed E-state index contributed by atoms with van der Waals surface area (Å²) in [6.45, 7) is 11.6. The Bertz CT molecular complexity index is 203. The summed E-state index contributed by atoms with van der Waals surface area (Å²) >= 11 is 0. The van der Waals surface area contributed by atoms with E-state index < -0.39 is 7.87 Å². The normalized spacial score (nSPS) is 27.9. The summed E-state index contributed by atoms with van der Waals surface area (Å²) in [5.74, 6) is 0. The van der Waals surface area contributed by atoms with Gasteiger partial charge in [0, 0.05) is 13.1 Å². The van der Waals surface area contributed by atoms with E-state index in [4.69, 9.17) is 14.8 Å². The van der Waals surface area contributed by atoms with Crippen LogP contribution in [0.2, 0.25) is 0 Å². The smallest absolute Gasteiger partial charge is 0.329 e. The molecule has 0 radical (unpaired) electrons. The topological polar surface area (TPSA) is 56.5 Å². The van der Waals surface area contributed by atoms with Gasteiger partial charge in [0.25, 0.3) is 0 Å². The molecule has 14 heavy (non-hydrogen) atoms. The minimum absolute atomic E-state index is 0.253. The van der Waals surface area contributed by atoms with Crippen LogP contribution in [0.5, 0.6) is 0 Å². The van der Waals surface area contributed by atoms with E-state index in [2.05, 4.69) is 32.8 Å². The zero-order chi connectivity index (χ0) is 11.0. The molecule has 0 aromatic rings. The largest absolute Gasteiger partial charge is 0.344 e. The van der Waals surface area contributed by atoms with Crippen LogP contribution in [-0.2, 0) is 9.05 Å². The van der Waals surface area contributed by atoms with Crippen LogP contribution < -0.4 is 10.8 Å². The van der Waals surface area contributed by atoms with Crippen molar-refractivity contribution in [1.82, 2.24) is 5.09 Å². The molecule has 3 N–H and O–H groups in total. The number of hydrogen-bond donors (Lipinski definition) is 2. The van der Waals surface area contributed by atoms with Gasteiger partial charge in [-0.05, 0) is 27.7 Å². The van der Waals surface area contributed by atoms with Crippen LogP contribution in [0.15, 0.2) is 0 Å². The van der Waals surface area contributed by atoms with Crippen LogP contribution in [0, 0.1) is 0 Å². The first-order valence-corrected chi connectivity index (χ1v) is 7.03. The Morgan fingerprint density at radius 2 is 1.57 bits per heavy atom. The second kappa shape index (κ2) is 3.69. The molecule has 0 aromatic carbocycles. The standard InChI is InChI=1S/C9H22N2O2P/c1-8(2)9(3,4)13-14(5,12-8)11-7-6-10/h11H,6-7,10H2,1-5H3/q+1. The third kappa shape index (κ3) is 2.26. The molecule has 1 saturated heterocycles. The zero-order valence-electron chi connectivity index (χ0n) is 9.76. The van der Waals surface area contributed by atoms with Crippen molar-refractivity contribution in [3.05, 3.63) is 0 Å². The van der Waals surface area contributed by atoms with Crippen molar-refractivity contribution in [2.75, 3.05) is 19.8 Å². The highest BCUT2D eigenvalue weighted by atomic mass is 31.2. The van der Waals surface area contributed by atoms with Crippen LogP contribution in [0.4, 0.5) is 0 Å². The van der Waals surface area contributed by atoms with Crippen molar-refractivity contribution in [3.8, 4) is 0 Å². The summed E-state index contributed by atoms with van der Waals surface area (Å²) in [4.78, 5) is 0. The molecule has 0 bridgehead atoms. The Hall–Kier alpha value is 0.270. The number of rotatable bonds is 3. The van der Waals surface area contributed by atoms with Crippen molar-refractivity contribution in [1.29, 1.82) is 0 Å². The van der Waals surface area contributed by atoms with Crippen molar-refractivity contribution < 1.29 is 9.05 Å². The Kier molecular flexibility index (Phi) is 3.25. The Labute approximate surface area is 87.1 Å². The summed E-state index contributed by atoms with van der Waals surface area (Å²) in [7, 11) is -1.91. The maximum Gasteiger partial charge on any atom is 0.344 e. The molecule has 0 spiro atoms. The van der Waals surface area contributed by atoms with Crippen LogP contribution in [0.1, 0.15) is 27.7 Å². The molecule has 1 aliphatic rings. The fraction of sp³-hybridized carbons (Fsp3) is 1.00. The SMILES string of the molecule is CC1(C)O[P+](C)(NCCN)OC1(C)C. The minimum Gasteiger partial charge on any atom is -0.329 e. The Morgan fingerprint density at radius 1 is 1.14 bits per heavy atom. The average molecular weight is 221 g/mol. The van der Waals surface area contributed by atoms with Crippen molar-refractivity contribution in [2.45, 2.75) is 38.9 Å². The molecule has 1 aliphatic heterocycles. The first kappa shape index (κ1) is 12.3. The van der Waals surface area contributed by atoms with Gasteiger partial charge in [0.15, 0.2) is 0 Å². The van der Waals surface area contributed by atoms with Gasteiger partial charge in [0.1, 0.15) is 17.9 Å². The van der Waals surface area contributed by atoms with Gasteiger partial charge in [-0.25, -0.2) is 0 Å². The molecule has 84 valence electrons. The molecular weight excluding hydrogens is 199 g/mol. The molecule has 4 nitrogen and oxygen atoms in total. The van der Waals surface area contributed by atoms with E-state index >= 15 is 0 Å². The molecule has 0 saturated carbocycles. The number of nitrogens with one attached hydrogen (secondary N) is 1. The molecule has 5 heteroatoms. The summed E-state index contributed by atoms with van der Waals surface area (Å²) in [5.41, 5.74) is 4.94. The van der Waals surface area contributed by atoms with E-state index in [0.29, 0.717) is 6.54 Å². The van der Waals surface area contributed by atoms with Gasteiger partial charge in [-0.1, -0.05) is 0 Å². The predicted octanol–water partition coefficient (Wildman–Crippen LogP) is 1.53. The summed E-state index contributed by atoms with van der Waals surface area (Å²) in [6.07, 6.45) is 0. The highest BCUT2D eigenvalue weighted by Crippen LogP contribution is 2.67. The molecule has 0 aliphatic carbocycles. The second-order valence-electron chi connectivity index (χ2n) is 4.75. The molecular formula is C9H22N2O2P+. The maximum atomic E-state index is 5.98. The van der Waals surface area contributed by atoms with Gasteiger partial charge < -0.3 is 5.73 Å². The first-order valence-electron chi connectivity index (χ1n) is 4.96. The molecule has 0 amide bonds. The molecule has 1 heterocycles. The van der Waals surface area contributed by atoms with Crippen molar-refractivity contribution >= 4 is 7.87 Å². The Balaban J connectivity index is 2.70. The molecule has 1 rings (SSSR count). The van der Waals surface area contributed by atoms with Crippen molar-refractivity contribution in [3.63, 3.8) is 0 Å². The molecule has 0 unspecified atom stereocenters. The van der Waals surface area contributed by atoms with Gasteiger partial charge in [-0.3, -0.25) is 0 Å². The fourth-order valence-electron chi connectivity index (χ4n) is 1.44. The monoisotopic (exact) mass is 221 g/mol. The van der Waals surface area contributed by atoms with E-state index in [-0.39, 0.29) is 11.2 Å². The van der Waals surface area contributed by atoms with Gasteiger partial charge in [-0.15, -0.1) is 5.09 Å². The van der Waals surface area contributed by atoms with E-state index in [1.54, 1.807) is 0 Å². The van der Waals surface area contributed by atoms with Crippen LogP contribution in [0.3, 0.4) is 0 Å². The summed E-state index contributed by atoms with van der Waals surface area (Å²) in [5, 5.41) is 3.26. The lowest BCUT2D eigenvalue weighted by Gasteiger charge is -2.24. The maximum absolute atomic E-state index is 5.98. The summed E-state index contributed by atoms with van der Waals surface area (Å²) in [6, 6.07) is 0. The first-order chi connectivity index (χ1) is 6.22. The van der Waals surface area contributed by atoms with Gasteiger partial charge in [0.05, 0.1) is 0 Å². The predicted molar refractivity (Wildman–Crippen MR) is 60.2 cm³/mol. The fourth-order valence-corrected chi connectivity index (χ4v) is 4.32. The average Bonchev–Trinajstić information content (AvgIpc) is 2.13. The van der Waals surface area contributed by atoms with Crippen LogP contribution >= 0.6 is 7.87 Å². The number of nitrogens with two attached hydrogens (primary N) is 1. The second-order valence-corrected chi connectivity index (χ2v) is 7.12. The van der Waals surface area contributed by atoms with Crippen molar-refractivity contribution in [2.24, 2.45) is 5.73 Å². The summed E-state index contributed by atoms with van der Waals surface area (Å²) < 4.78 is 12.0. The molecule has 0 atom stereocenters. The number of hydrogen-bond acceptors (Lipinski definition) is 4.